The van der Waals surface area contributed by atoms with E-state index in [1.165, 1.54) is 5.56 Å². The number of nitrogens with one attached hydrogen (secondary N) is 1. The zero-order chi connectivity index (χ0) is 14.8. The topological polar surface area (TPSA) is 55.6 Å². The highest BCUT2D eigenvalue weighted by Crippen LogP contribution is 2.30. The normalized spacial score (nSPS) is 14.5. The first kappa shape index (κ1) is 15.1. The average Bonchev–Trinajstić information content (AvgIpc) is 2.82. The number of aromatic nitrogens is 4. The van der Waals surface area contributed by atoms with Crippen LogP contribution in [0.25, 0.3) is 0 Å². The molecule has 1 heterocycles. The molecule has 20 heavy (non-hydrogen) atoms. The Kier molecular flexibility index (Phi) is 4.55. The molecule has 0 radical (unpaired) electrons. The summed E-state index contributed by atoms with van der Waals surface area (Å²) in [4.78, 5) is 0. The molecule has 0 fully saturated rings. The lowest BCUT2D eigenvalue weighted by molar-refractivity contribution is 0.259. The van der Waals surface area contributed by atoms with Crippen LogP contribution in [0, 0.1) is 5.92 Å². The van der Waals surface area contributed by atoms with Crippen molar-refractivity contribution in [1.82, 2.24) is 25.5 Å². The van der Waals surface area contributed by atoms with Crippen LogP contribution in [0.15, 0.2) is 28.7 Å². The first-order valence-electron chi connectivity index (χ1n) is 6.66. The van der Waals surface area contributed by atoms with Crippen LogP contribution in [-0.4, -0.2) is 20.2 Å². The Bertz CT molecular complexity index is 563. The van der Waals surface area contributed by atoms with Gasteiger partial charge in [-0.1, -0.05) is 41.9 Å². The van der Waals surface area contributed by atoms with Crippen LogP contribution in [0.2, 0.25) is 0 Å². The molecule has 0 aliphatic carbocycles. The van der Waals surface area contributed by atoms with Crippen molar-refractivity contribution >= 4 is 15.9 Å². The molecule has 1 atom stereocenters. The molecule has 2 aromatic rings. The fraction of sp³-hybridized carbons (Fsp3) is 0.500. The molecule has 2 rings (SSSR count). The second kappa shape index (κ2) is 6.01. The smallest absolute Gasteiger partial charge is 0.164 e. The summed E-state index contributed by atoms with van der Waals surface area (Å²) in [7, 11) is 1.85. The Balaban J connectivity index is 2.21. The zero-order valence-electron chi connectivity index (χ0n) is 12.3. The van der Waals surface area contributed by atoms with Crippen LogP contribution in [0.3, 0.4) is 0 Å². The lowest BCUT2D eigenvalue weighted by atomic mass is 9.81. The van der Waals surface area contributed by atoms with Crippen molar-refractivity contribution in [1.29, 1.82) is 0 Å². The molecular weight excluding hydrogens is 318 g/mol. The van der Waals surface area contributed by atoms with Gasteiger partial charge < -0.3 is 5.32 Å². The zero-order valence-corrected chi connectivity index (χ0v) is 13.8. The molecule has 1 aromatic carbocycles. The largest absolute Gasteiger partial charge is 0.300 e. The Labute approximate surface area is 127 Å². The number of tetrazole rings is 1. The number of hydrogen-bond donors (Lipinski definition) is 1. The minimum atomic E-state index is -0.132. The summed E-state index contributed by atoms with van der Waals surface area (Å²) in [6, 6.07) is 8.43. The molecule has 1 aromatic heterocycles. The third-order valence-electron chi connectivity index (χ3n) is 3.92. The lowest BCUT2D eigenvalue weighted by Crippen LogP contribution is -2.44. The van der Waals surface area contributed by atoms with Gasteiger partial charge >= 0.3 is 0 Å². The van der Waals surface area contributed by atoms with Crippen molar-refractivity contribution in [2.45, 2.75) is 32.9 Å². The highest BCUT2D eigenvalue weighted by atomic mass is 79.9. The van der Waals surface area contributed by atoms with Gasteiger partial charge in [-0.3, -0.25) is 0 Å². The van der Waals surface area contributed by atoms with Gasteiger partial charge in [0, 0.05) is 17.1 Å². The second-order valence-corrected chi connectivity index (χ2v) is 6.35. The van der Waals surface area contributed by atoms with Gasteiger partial charge in [0.2, 0.25) is 0 Å². The van der Waals surface area contributed by atoms with Crippen LogP contribution in [-0.2, 0) is 19.1 Å². The molecule has 108 valence electrons. The molecule has 5 nitrogen and oxygen atoms in total. The Morgan fingerprint density at radius 2 is 1.95 bits per heavy atom. The van der Waals surface area contributed by atoms with E-state index in [2.05, 4.69) is 81.8 Å². The van der Waals surface area contributed by atoms with Gasteiger partial charge in [0.05, 0.1) is 6.54 Å². The first-order chi connectivity index (χ1) is 9.43. The summed E-state index contributed by atoms with van der Waals surface area (Å²) in [5.74, 6) is 1.26. The quantitative estimate of drug-likeness (QED) is 0.911. The van der Waals surface area contributed by atoms with Gasteiger partial charge in [-0.15, -0.1) is 5.10 Å². The van der Waals surface area contributed by atoms with Gasteiger partial charge in [-0.2, -0.15) is 0 Å². The van der Waals surface area contributed by atoms with Crippen molar-refractivity contribution in [2.75, 3.05) is 0 Å². The fourth-order valence-electron chi connectivity index (χ4n) is 2.10. The highest BCUT2D eigenvalue weighted by molar-refractivity contribution is 9.10. The van der Waals surface area contributed by atoms with Crippen molar-refractivity contribution in [3.8, 4) is 0 Å². The number of rotatable bonds is 5. The maximum Gasteiger partial charge on any atom is 0.164 e. The molecule has 0 saturated heterocycles. The summed E-state index contributed by atoms with van der Waals surface area (Å²) in [6.45, 7) is 7.27. The van der Waals surface area contributed by atoms with E-state index in [9.17, 15) is 0 Å². The second-order valence-electron chi connectivity index (χ2n) is 5.44. The molecule has 0 saturated carbocycles. The molecule has 1 N–H and O–H groups in total. The lowest BCUT2D eigenvalue weighted by Gasteiger charge is -2.35. The van der Waals surface area contributed by atoms with E-state index in [4.69, 9.17) is 0 Å². The minimum Gasteiger partial charge on any atom is -0.300 e. The van der Waals surface area contributed by atoms with E-state index in [1.54, 1.807) is 4.68 Å². The number of hydrogen-bond acceptors (Lipinski definition) is 4. The summed E-state index contributed by atoms with van der Waals surface area (Å²) in [5, 5.41) is 15.1. The summed E-state index contributed by atoms with van der Waals surface area (Å²) >= 11 is 3.48. The summed E-state index contributed by atoms with van der Waals surface area (Å²) < 4.78 is 2.78. The maximum atomic E-state index is 4.02. The van der Waals surface area contributed by atoms with E-state index in [0.29, 0.717) is 12.5 Å². The number of aryl methyl sites for hydroxylation is 1. The molecule has 0 aliphatic rings. The van der Waals surface area contributed by atoms with Gasteiger partial charge in [-0.25, -0.2) is 4.68 Å². The number of nitrogens with zero attached hydrogens (tertiary/aromatic N) is 4. The predicted octanol–water partition coefficient (Wildman–Crippen LogP) is 2.63. The van der Waals surface area contributed by atoms with Crippen molar-refractivity contribution in [3.05, 3.63) is 40.1 Å². The van der Waals surface area contributed by atoms with Gasteiger partial charge in [0.25, 0.3) is 0 Å². The first-order valence-corrected chi connectivity index (χ1v) is 7.45. The van der Waals surface area contributed by atoms with E-state index in [0.717, 1.165) is 10.3 Å². The summed E-state index contributed by atoms with van der Waals surface area (Å²) in [5.41, 5.74) is 1.12. The fourth-order valence-corrected chi connectivity index (χ4v) is 2.36. The maximum absolute atomic E-state index is 4.02. The van der Waals surface area contributed by atoms with Crippen molar-refractivity contribution in [2.24, 2.45) is 13.0 Å². The predicted molar refractivity (Wildman–Crippen MR) is 82.0 cm³/mol. The number of halogens is 1. The Morgan fingerprint density at radius 1 is 1.30 bits per heavy atom. The van der Waals surface area contributed by atoms with Gasteiger partial charge in [-0.05, 0) is 41.0 Å². The van der Waals surface area contributed by atoms with E-state index >= 15 is 0 Å². The molecule has 6 heteroatoms. The minimum absolute atomic E-state index is 0.132. The van der Waals surface area contributed by atoms with Gasteiger partial charge in [0.1, 0.15) is 0 Å². The Hall–Kier alpha value is -1.27. The van der Waals surface area contributed by atoms with Crippen LogP contribution < -0.4 is 5.32 Å². The molecule has 0 bridgehead atoms. The van der Waals surface area contributed by atoms with Gasteiger partial charge in [0.15, 0.2) is 5.82 Å². The van der Waals surface area contributed by atoms with E-state index < -0.39 is 0 Å². The monoisotopic (exact) mass is 337 g/mol. The standard InChI is InChI=1S/C14H20BrN5/c1-10(2)14(3,11-5-7-12(15)8-6-11)16-9-13-17-18-19-20(13)4/h5-8,10,16H,9H2,1-4H3/t14-/m0/s1. The SMILES string of the molecule is CC(C)[C@](C)(NCc1nnnn1C)c1ccc(Br)cc1. The molecule has 0 amide bonds. The summed E-state index contributed by atoms with van der Waals surface area (Å²) in [6.07, 6.45) is 0. The third-order valence-corrected chi connectivity index (χ3v) is 4.45. The van der Waals surface area contributed by atoms with E-state index in [1.807, 2.05) is 7.05 Å². The van der Waals surface area contributed by atoms with Crippen molar-refractivity contribution in [3.63, 3.8) is 0 Å². The molecular formula is C14H20BrN5. The van der Waals surface area contributed by atoms with E-state index in [-0.39, 0.29) is 5.54 Å². The van der Waals surface area contributed by atoms with Crippen LogP contribution in [0.5, 0.6) is 0 Å². The molecule has 0 aliphatic heterocycles. The van der Waals surface area contributed by atoms with Crippen LogP contribution >= 0.6 is 15.9 Å². The third kappa shape index (κ3) is 3.07. The average molecular weight is 338 g/mol. The van der Waals surface area contributed by atoms with Crippen molar-refractivity contribution < 1.29 is 0 Å². The highest BCUT2D eigenvalue weighted by Gasteiger charge is 2.30. The van der Waals surface area contributed by atoms with Crippen LogP contribution in [0.4, 0.5) is 0 Å². The Morgan fingerprint density at radius 3 is 2.45 bits per heavy atom. The van der Waals surface area contributed by atoms with Crippen LogP contribution in [0.1, 0.15) is 32.2 Å². The molecule has 0 unspecified atom stereocenters. The number of benzene rings is 1. The molecule has 0 spiro atoms.